The maximum atomic E-state index is 14.7. The molecule has 2 unspecified atom stereocenters. The van der Waals surface area contributed by atoms with E-state index in [1.54, 1.807) is 53.0 Å². The molecule has 1 aromatic heterocycles. The van der Waals surface area contributed by atoms with Gasteiger partial charge in [0.05, 0.1) is 23.8 Å². The van der Waals surface area contributed by atoms with E-state index in [1.165, 1.54) is 0 Å². The molecular weight excluding hydrogens is 481 g/mol. The Morgan fingerprint density at radius 3 is 2.42 bits per heavy atom. The zero-order valence-electron chi connectivity index (χ0n) is 19.7. The lowest BCUT2D eigenvalue weighted by Gasteiger charge is -2.29. The summed E-state index contributed by atoms with van der Waals surface area (Å²) in [5.74, 6) is 1.57. The lowest BCUT2D eigenvalue weighted by atomic mass is 10.0. The SMILES string of the molecule is O=S(=O)(c1ccc(Oc2ccccn2)cc1)N1CC2C([CH]c3ccc(N4CCOCC4)c(F)c3)C2C1. The number of benzene rings is 2. The number of fused-ring (bicyclic) bond motifs is 1. The summed E-state index contributed by atoms with van der Waals surface area (Å²) in [6, 6.07) is 17.2. The summed E-state index contributed by atoms with van der Waals surface area (Å²) in [6.45, 7) is 3.57. The van der Waals surface area contributed by atoms with E-state index in [1.807, 2.05) is 23.1 Å². The van der Waals surface area contributed by atoms with Gasteiger partial charge in [-0.3, -0.25) is 0 Å². The minimum absolute atomic E-state index is 0.226. The first-order valence-electron chi connectivity index (χ1n) is 12.2. The third kappa shape index (κ3) is 4.58. The molecule has 3 aromatic rings. The van der Waals surface area contributed by atoms with Gasteiger partial charge in [0, 0.05) is 38.4 Å². The number of morpholine rings is 1. The van der Waals surface area contributed by atoms with Crippen molar-refractivity contribution in [1.82, 2.24) is 9.29 Å². The number of nitrogens with zero attached hydrogens (tertiary/aromatic N) is 3. The third-order valence-corrected chi connectivity index (χ3v) is 9.10. The van der Waals surface area contributed by atoms with Crippen molar-refractivity contribution < 1.29 is 22.3 Å². The molecule has 0 N–H and O–H groups in total. The summed E-state index contributed by atoms with van der Waals surface area (Å²) < 4.78 is 53.7. The first-order chi connectivity index (χ1) is 17.5. The maximum absolute atomic E-state index is 14.7. The monoisotopic (exact) mass is 508 g/mol. The van der Waals surface area contributed by atoms with Gasteiger partial charge in [-0.2, -0.15) is 4.31 Å². The maximum Gasteiger partial charge on any atom is 0.243 e. The standard InChI is InChI=1S/C27H27FN3O4S/c28-25-16-19(4-9-26(25)30-11-13-34-14-12-30)15-22-23-17-31(18-24(22)23)36(32,33)21-7-5-20(6-8-21)35-27-3-1-2-10-29-27/h1-10,15-16,22-24H,11-14,17-18H2. The van der Waals surface area contributed by atoms with E-state index in [9.17, 15) is 12.8 Å². The van der Waals surface area contributed by atoms with Crippen molar-refractivity contribution >= 4 is 15.7 Å². The molecule has 3 fully saturated rings. The van der Waals surface area contributed by atoms with Crippen LogP contribution in [-0.4, -0.2) is 57.1 Å². The fraction of sp³-hybridized carbons (Fsp3) is 0.333. The van der Waals surface area contributed by atoms with Crippen LogP contribution in [0, 0.1) is 30.0 Å². The largest absolute Gasteiger partial charge is 0.439 e. The molecule has 1 radical (unpaired) electrons. The molecular formula is C27H27FN3O4S. The smallest absolute Gasteiger partial charge is 0.243 e. The number of hydrogen-bond acceptors (Lipinski definition) is 6. The van der Waals surface area contributed by atoms with E-state index >= 15 is 0 Å². The van der Waals surface area contributed by atoms with Gasteiger partial charge in [-0.25, -0.2) is 17.8 Å². The number of pyridine rings is 1. The number of aromatic nitrogens is 1. The Kier molecular flexibility index (Phi) is 6.15. The zero-order chi connectivity index (χ0) is 24.7. The van der Waals surface area contributed by atoms with Gasteiger partial charge in [-0.15, -0.1) is 0 Å². The van der Waals surface area contributed by atoms with Gasteiger partial charge in [-0.1, -0.05) is 12.1 Å². The molecule has 2 atom stereocenters. The number of rotatable bonds is 7. The van der Waals surface area contributed by atoms with Gasteiger partial charge in [0.25, 0.3) is 0 Å². The predicted molar refractivity (Wildman–Crippen MR) is 133 cm³/mol. The van der Waals surface area contributed by atoms with Crippen LogP contribution in [0.2, 0.25) is 0 Å². The first kappa shape index (κ1) is 23.4. The molecule has 9 heteroatoms. The highest BCUT2D eigenvalue weighted by molar-refractivity contribution is 7.89. The van der Waals surface area contributed by atoms with Crippen molar-refractivity contribution in [3.05, 3.63) is 84.7 Å². The Morgan fingerprint density at radius 2 is 1.75 bits per heavy atom. The number of sulfonamides is 1. The second kappa shape index (κ2) is 9.46. The Balaban J connectivity index is 1.05. The van der Waals surface area contributed by atoms with Crippen LogP contribution in [0.4, 0.5) is 10.1 Å². The van der Waals surface area contributed by atoms with E-state index in [2.05, 4.69) is 11.4 Å². The van der Waals surface area contributed by atoms with Crippen LogP contribution in [0.3, 0.4) is 0 Å². The van der Waals surface area contributed by atoms with Crippen LogP contribution in [0.5, 0.6) is 11.6 Å². The third-order valence-electron chi connectivity index (χ3n) is 7.26. The molecule has 3 aliphatic rings. The normalized spacial score (nSPS) is 23.9. The minimum Gasteiger partial charge on any atom is -0.439 e. The molecule has 187 valence electrons. The number of anilines is 1. The van der Waals surface area contributed by atoms with Gasteiger partial charge in [-0.05, 0) is 72.2 Å². The van der Waals surface area contributed by atoms with Crippen molar-refractivity contribution in [2.24, 2.45) is 17.8 Å². The van der Waals surface area contributed by atoms with Gasteiger partial charge >= 0.3 is 0 Å². The molecule has 36 heavy (non-hydrogen) atoms. The zero-order valence-corrected chi connectivity index (χ0v) is 20.5. The molecule has 3 heterocycles. The number of hydrogen-bond donors (Lipinski definition) is 0. The lowest BCUT2D eigenvalue weighted by molar-refractivity contribution is 0.122. The van der Waals surface area contributed by atoms with Gasteiger partial charge < -0.3 is 14.4 Å². The van der Waals surface area contributed by atoms with E-state index in [0.717, 1.165) is 5.56 Å². The minimum atomic E-state index is -3.58. The molecule has 2 aliphatic heterocycles. The summed E-state index contributed by atoms with van der Waals surface area (Å²) in [4.78, 5) is 6.37. The Labute approximate surface area is 210 Å². The average molecular weight is 509 g/mol. The molecule has 0 bridgehead atoms. The van der Waals surface area contributed by atoms with E-state index in [-0.39, 0.29) is 28.5 Å². The van der Waals surface area contributed by atoms with Crippen molar-refractivity contribution in [1.29, 1.82) is 0 Å². The van der Waals surface area contributed by atoms with Crippen molar-refractivity contribution in [2.75, 3.05) is 44.3 Å². The first-order valence-corrected chi connectivity index (χ1v) is 13.6. The molecule has 7 nitrogen and oxygen atoms in total. The topological polar surface area (TPSA) is 72.0 Å². The summed E-state index contributed by atoms with van der Waals surface area (Å²) in [5, 5.41) is 0. The van der Waals surface area contributed by atoms with Crippen LogP contribution >= 0.6 is 0 Å². The van der Waals surface area contributed by atoms with Crippen molar-refractivity contribution in [3.8, 4) is 11.6 Å². The summed E-state index contributed by atoms with van der Waals surface area (Å²) in [6.07, 6.45) is 3.73. The Hall–Kier alpha value is -3.01. The number of piperidine rings is 1. The van der Waals surface area contributed by atoms with Crippen molar-refractivity contribution in [3.63, 3.8) is 0 Å². The van der Waals surface area contributed by atoms with Crippen LogP contribution in [0.1, 0.15) is 5.56 Å². The molecule has 2 saturated heterocycles. The average Bonchev–Trinajstić information content (AvgIpc) is 3.31. The molecule has 0 amide bonds. The summed E-state index contributed by atoms with van der Waals surface area (Å²) in [7, 11) is -3.58. The van der Waals surface area contributed by atoms with Gasteiger partial charge in [0.15, 0.2) is 0 Å². The highest BCUT2D eigenvalue weighted by Gasteiger charge is 2.57. The van der Waals surface area contributed by atoms with E-state index < -0.39 is 10.0 Å². The van der Waals surface area contributed by atoms with Crippen molar-refractivity contribution in [2.45, 2.75) is 4.90 Å². The Morgan fingerprint density at radius 1 is 1.00 bits per heavy atom. The fourth-order valence-corrected chi connectivity index (χ4v) is 6.76. The highest BCUT2D eigenvalue weighted by Crippen LogP contribution is 2.55. The van der Waals surface area contributed by atoms with Crippen LogP contribution in [0.15, 0.2) is 71.8 Å². The van der Waals surface area contributed by atoms with Crippen LogP contribution in [0.25, 0.3) is 0 Å². The Bertz CT molecular complexity index is 1320. The fourth-order valence-electron chi connectivity index (χ4n) is 5.24. The highest BCUT2D eigenvalue weighted by atomic mass is 32.2. The lowest BCUT2D eigenvalue weighted by Crippen LogP contribution is -2.36. The van der Waals surface area contributed by atoms with Crippen LogP contribution in [-0.2, 0) is 14.8 Å². The van der Waals surface area contributed by atoms with Crippen LogP contribution < -0.4 is 9.64 Å². The molecule has 2 aromatic carbocycles. The quantitative estimate of drug-likeness (QED) is 0.481. The molecule has 0 spiro atoms. The summed E-state index contributed by atoms with van der Waals surface area (Å²) in [5.41, 5.74) is 1.46. The second-order valence-electron chi connectivity index (χ2n) is 9.45. The van der Waals surface area contributed by atoms with E-state index in [0.29, 0.717) is 56.7 Å². The predicted octanol–water partition coefficient (Wildman–Crippen LogP) is 3.97. The number of ether oxygens (including phenoxy) is 2. The van der Waals surface area contributed by atoms with Gasteiger partial charge in [0.1, 0.15) is 11.6 Å². The number of halogens is 1. The van der Waals surface area contributed by atoms with E-state index in [4.69, 9.17) is 9.47 Å². The molecule has 1 aliphatic carbocycles. The summed E-state index contributed by atoms with van der Waals surface area (Å²) >= 11 is 0. The molecule has 1 saturated carbocycles. The van der Waals surface area contributed by atoms with Gasteiger partial charge in [0.2, 0.25) is 15.9 Å². The molecule has 6 rings (SSSR count). The second-order valence-corrected chi connectivity index (χ2v) is 11.4.